The largest absolute Gasteiger partial charge is 0.260 e. The Morgan fingerprint density at radius 3 is 2.83 bits per heavy atom. The Labute approximate surface area is 71.9 Å². The van der Waals surface area contributed by atoms with Gasteiger partial charge in [-0.15, -0.1) is 0 Å². The van der Waals surface area contributed by atoms with Gasteiger partial charge in [0.15, 0.2) is 0 Å². The number of hydrogen-bond donors (Lipinski definition) is 0. The molecule has 0 atom stereocenters. The lowest BCUT2D eigenvalue weighted by atomic mass is 10.0. The fraction of sp³-hybridized carbons (Fsp3) is 0.400. The van der Waals surface area contributed by atoms with Gasteiger partial charge in [-0.1, -0.05) is 0 Å². The first-order valence-electron chi connectivity index (χ1n) is 4.11. The van der Waals surface area contributed by atoms with E-state index in [2.05, 4.69) is 11.1 Å². The van der Waals surface area contributed by atoms with Crippen LogP contribution in [0.3, 0.4) is 0 Å². The number of nitrogens with zero attached hydrogens (tertiary/aromatic N) is 2. The Morgan fingerprint density at radius 1 is 1.58 bits per heavy atom. The normalized spacial score (nSPS) is 18.3. The molecule has 0 aliphatic heterocycles. The maximum Gasteiger partial charge on any atom is 0.0994 e. The van der Waals surface area contributed by atoms with Crippen molar-refractivity contribution in [2.24, 2.45) is 0 Å². The second-order valence-electron chi connectivity index (χ2n) is 3.41. The van der Waals surface area contributed by atoms with E-state index in [9.17, 15) is 0 Å². The van der Waals surface area contributed by atoms with Gasteiger partial charge in [-0.25, -0.2) is 0 Å². The van der Waals surface area contributed by atoms with Gasteiger partial charge < -0.3 is 0 Å². The molecule has 1 aromatic rings. The van der Waals surface area contributed by atoms with Crippen LogP contribution >= 0.6 is 0 Å². The fourth-order valence-electron chi connectivity index (χ4n) is 1.35. The molecule has 0 radical (unpaired) electrons. The fourth-order valence-corrected chi connectivity index (χ4v) is 1.35. The van der Waals surface area contributed by atoms with Crippen molar-refractivity contribution in [2.75, 3.05) is 0 Å². The summed E-state index contributed by atoms with van der Waals surface area (Å²) < 4.78 is 0. The quantitative estimate of drug-likeness (QED) is 0.626. The molecule has 60 valence electrons. The van der Waals surface area contributed by atoms with Crippen molar-refractivity contribution in [3.63, 3.8) is 0 Å². The summed E-state index contributed by atoms with van der Waals surface area (Å²) >= 11 is 0. The molecule has 2 heteroatoms. The first-order valence-corrected chi connectivity index (χ1v) is 4.11. The Hall–Kier alpha value is -1.36. The van der Waals surface area contributed by atoms with Gasteiger partial charge >= 0.3 is 0 Å². The molecule has 1 aromatic heterocycles. The number of pyridine rings is 1. The summed E-state index contributed by atoms with van der Waals surface area (Å²) in [7, 11) is 0. The molecule has 1 aliphatic rings. The number of rotatable bonds is 1. The standard InChI is InChI=1S/C10H10N2/c1-8-2-5-12-9(6-8)10(7-11)3-4-10/h2,5-6H,3-4H2,1H3. The monoisotopic (exact) mass is 158 g/mol. The summed E-state index contributed by atoms with van der Waals surface area (Å²) in [6, 6.07) is 6.30. The van der Waals surface area contributed by atoms with Gasteiger partial charge in [0.2, 0.25) is 0 Å². The first kappa shape index (κ1) is 7.30. The van der Waals surface area contributed by atoms with Crippen LogP contribution in [0.2, 0.25) is 0 Å². The van der Waals surface area contributed by atoms with Crippen LogP contribution in [0.4, 0.5) is 0 Å². The van der Waals surface area contributed by atoms with E-state index in [1.807, 2.05) is 19.1 Å². The summed E-state index contributed by atoms with van der Waals surface area (Å²) in [6.45, 7) is 2.03. The second kappa shape index (κ2) is 2.31. The smallest absolute Gasteiger partial charge is 0.0994 e. The van der Waals surface area contributed by atoms with Crippen molar-refractivity contribution in [3.8, 4) is 6.07 Å². The van der Waals surface area contributed by atoms with Gasteiger partial charge in [-0.3, -0.25) is 4.98 Å². The van der Waals surface area contributed by atoms with Gasteiger partial charge in [-0.05, 0) is 37.5 Å². The second-order valence-corrected chi connectivity index (χ2v) is 3.41. The molecule has 2 rings (SSSR count). The molecule has 1 heterocycles. The molecule has 1 aliphatic carbocycles. The van der Waals surface area contributed by atoms with Gasteiger partial charge in [0.05, 0.1) is 17.2 Å². The van der Waals surface area contributed by atoms with Crippen LogP contribution in [0.5, 0.6) is 0 Å². The lowest BCUT2D eigenvalue weighted by molar-refractivity contribution is 0.851. The predicted octanol–water partition coefficient (Wildman–Crippen LogP) is 1.95. The highest BCUT2D eigenvalue weighted by Gasteiger charge is 2.46. The summed E-state index contributed by atoms with van der Waals surface area (Å²) in [5, 5.41) is 8.91. The van der Waals surface area contributed by atoms with Gasteiger partial charge in [0, 0.05) is 6.20 Å². The molecule has 1 fully saturated rings. The molecular formula is C10H10N2. The van der Waals surface area contributed by atoms with Crippen LogP contribution in [0, 0.1) is 18.3 Å². The van der Waals surface area contributed by atoms with E-state index in [-0.39, 0.29) is 5.41 Å². The Morgan fingerprint density at radius 2 is 2.33 bits per heavy atom. The summed E-state index contributed by atoms with van der Waals surface area (Å²) in [4.78, 5) is 4.22. The molecule has 2 nitrogen and oxygen atoms in total. The topological polar surface area (TPSA) is 36.7 Å². The molecule has 0 saturated heterocycles. The van der Waals surface area contributed by atoms with Crippen LogP contribution < -0.4 is 0 Å². The number of aromatic nitrogens is 1. The van der Waals surface area contributed by atoms with Crippen molar-refractivity contribution in [1.82, 2.24) is 4.98 Å². The Balaban J connectivity index is 2.42. The minimum absolute atomic E-state index is 0.230. The molecule has 0 aromatic carbocycles. The zero-order chi connectivity index (χ0) is 8.60. The molecule has 0 bridgehead atoms. The van der Waals surface area contributed by atoms with Crippen molar-refractivity contribution < 1.29 is 0 Å². The molecule has 1 saturated carbocycles. The number of hydrogen-bond acceptors (Lipinski definition) is 2. The van der Waals surface area contributed by atoms with Crippen LogP contribution in [-0.4, -0.2) is 4.98 Å². The third kappa shape index (κ3) is 0.984. The van der Waals surface area contributed by atoms with Gasteiger partial charge in [0.25, 0.3) is 0 Å². The maximum atomic E-state index is 8.91. The van der Waals surface area contributed by atoms with E-state index < -0.39 is 0 Å². The van der Waals surface area contributed by atoms with E-state index in [0.29, 0.717) is 0 Å². The van der Waals surface area contributed by atoms with Crippen molar-refractivity contribution >= 4 is 0 Å². The molecular weight excluding hydrogens is 148 g/mol. The van der Waals surface area contributed by atoms with Crippen LogP contribution in [0.25, 0.3) is 0 Å². The molecule has 0 N–H and O–H groups in total. The van der Waals surface area contributed by atoms with E-state index in [0.717, 1.165) is 18.5 Å². The predicted molar refractivity (Wildman–Crippen MR) is 45.5 cm³/mol. The summed E-state index contributed by atoms with van der Waals surface area (Å²) in [6.07, 6.45) is 3.72. The van der Waals surface area contributed by atoms with E-state index in [1.165, 1.54) is 5.56 Å². The third-order valence-electron chi connectivity index (χ3n) is 2.37. The average molecular weight is 158 g/mol. The van der Waals surface area contributed by atoms with E-state index in [4.69, 9.17) is 5.26 Å². The summed E-state index contributed by atoms with van der Waals surface area (Å²) in [5.41, 5.74) is 1.90. The highest BCUT2D eigenvalue weighted by atomic mass is 14.7. The summed E-state index contributed by atoms with van der Waals surface area (Å²) in [5.74, 6) is 0. The van der Waals surface area contributed by atoms with Crippen LogP contribution in [0.1, 0.15) is 24.1 Å². The van der Waals surface area contributed by atoms with E-state index in [1.54, 1.807) is 6.20 Å². The maximum absolute atomic E-state index is 8.91. The Kier molecular flexibility index (Phi) is 1.41. The van der Waals surface area contributed by atoms with Crippen LogP contribution in [0.15, 0.2) is 18.3 Å². The first-order chi connectivity index (χ1) is 5.77. The van der Waals surface area contributed by atoms with Gasteiger partial charge in [0.1, 0.15) is 0 Å². The lowest BCUT2D eigenvalue weighted by Gasteiger charge is -2.04. The highest BCUT2D eigenvalue weighted by Crippen LogP contribution is 2.46. The zero-order valence-electron chi connectivity index (χ0n) is 7.04. The lowest BCUT2D eigenvalue weighted by Crippen LogP contribution is -2.05. The van der Waals surface area contributed by atoms with Crippen molar-refractivity contribution in [1.29, 1.82) is 5.26 Å². The van der Waals surface area contributed by atoms with Crippen LogP contribution in [-0.2, 0) is 5.41 Å². The molecule has 12 heavy (non-hydrogen) atoms. The minimum Gasteiger partial charge on any atom is -0.260 e. The van der Waals surface area contributed by atoms with Crippen molar-refractivity contribution in [3.05, 3.63) is 29.6 Å². The average Bonchev–Trinajstić information content (AvgIpc) is 2.84. The zero-order valence-corrected chi connectivity index (χ0v) is 7.04. The van der Waals surface area contributed by atoms with Crippen molar-refractivity contribution in [2.45, 2.75) is 25.2 Å². The molecule has 0 spiro atoms. The van der Waals surface area contributed by atoms with E-state index >= 15 is 0 Å². The number of nitriles is 1. The molecule has 0 unspecified atom stereocenters. The highest BCUT2D eigenvalue weighted by molar-refractivity contribution is 5.35. The van der Waals surface area contributed by atoms with Gasteiger partial charge in [-0.2, -0.15) is 5.26 Å². The Bertz CT molecular complexity index is 345. The molecule has 0 amide bonds. The SMILES string of the molecule is Cc1ccnc(C2(C#N)CC2)c1. The third-order valence-corrected chi connectivity index (χ3v) is 2.37. The minimum atomic E-state index is -0.230. The number of aryl methyl sites for hydroxylation is 1.